The summed E-state index contributed by atoms with van der Waals surface area (Å²) in [4.78, 5) is 77.4. The summed E-state index contributed by atoms with van der Waals surface area (Å²) < 4.78 is 0. The number of guanidine groups is 1. The smallest absolute Gasteiger partial charge is 0.303 e. The summed E-state index contributed by atoms with van der Waals surface area (Å²) in [5.74, 6) is -5.27. The zero-order valence-electron chi connectivity index (χ0n) is 29.5. The molecule has 0 aliphatic rings. The van der Waals surface area contributed by atoms with Crippen LogP contribution in [0, 0.1) is 5.41 Å². The number of unbranched alkanes of at least 4 members (excludes halogenated alkanes) is 1. The maximum atomic E-state index is 13.9. The van der Waals surface area contributed by atoms with Gasteiger partial charge in [0.25, 0.3) is 0 Å². The van der Waals surface area contributed by atoms with E-state index in [9.17, 15) is 33.9 Å². The van der Waals surface area contributed by atoms with Gasteiger partial charge in [-0.1, -0.05) is 42.5 Å². The Bertz CT molecular complexity index is 1530. The molecule has 0 radical (unpaired) electrons. The lowest BCUT2D eigenvalue weighted by molar-refractivity contribution is -0.138. The Kier molecular flexibility index (Phi) is 18.8. The maximum absolute atomic E-state index is 13.9. The van der Waals surface area contributed by atoms with Crippen molar-refractivity contribution in [2.75, 3.05) is 13.1 Å². The minimum Gasteiger partial charge on any atom is -0.508 e. The Labute approximate surface area is 307 Å². The van der Waals surface area contributed by atoms with Crippen molar-refractivity contribution in [2.45, 2.75) is 88.0 Å². The molecule has 2 aromatic rings. The first-order chi connectivity index (χ1) is 25.2. The Hall–Kier alpha value is -5.75. The molecular weight excluding hydrogens is 688 g/mol. The summed E-state index contributed by atoms with van der Waals surface area (Å²) in [7, 11) is 0. The van der Waals surface area contributed by atoms with Crippen molar-refractivity contribution in [1.82, 2.24) is 26.6 Å². The highest BCUT2D eigenvalue weighted by molar-refractivity contribution is 5.96. The molecule has 0 aromatic heterocycles. The van der Waals surface area contributed by atoms with Gasteiger partial charge in [0.1, 0.15) is 29.9 Å². The monoisotopic (exact) mass is 740 g/mol. The molecule has 0 unspecified atom stereocenters. The van der Waals surface area contributed by atoms with Crippen LogP contribution in [-0.4, -0.2) is 95.0 Å². The minimum absolute atomic E-state index is 0.00893. The minimum atomic E-state index is -1.31. The number of hydrogen-bond acceptors (Lipinski definition) is 10. The fourth-order valence-electron chi connectivity index (χ4n) is 5.25. The second-order valence-electron chi connectivity index (χ2n) is 12.5. The van der Waals surface area contributed by atoms with E-state index < -0.39 is 72.1 Å². The van der Waals surface area contributed by atoms with Gasteiger partial charge in [-0.3, -0.25) is 34.2 Å². The summed E-state index contributed by atoms with van der Waals surface area (Å²) in [6.07, 6.45) is 0.770. The molecule has 0 heterocycles. The summed E-state index contributed by atoms with van der Waals surface area (Å²) in [5, 5.41) is 39.1. The number of phenolic OH excluding ortho intramolecular Hbond substituents is 1. The third-order valence-electron chi connectivity index (χ3n) is 8.15. The molecule has 0 aliphatic carbocycles. The molecule has 18 nitrogen and oxygen atoms in total. The zero-order chi connectivity index (χ0) is 39.3. The van der Waals surface area contributed by atoms with E-state index in [-0.39, 0.29) is 56.8 Å². The molecule has 0 saturated carbocycles. The number of aliphatic carboxylic acids is 1. The molecule has 0 aliphatic heterocycles. The number of carboxylic acid groups (broad SMARTS) is 1. The van der Waals surface area contributed by atoms with Gasteiger partial charge < -0.3 is 59.7 Å². The number of aromatic hydroxyl groups is 1. The SMILES string of the molecule is N=C(N)NCCC[C@@H](NC(=O)[C@@H](N)Cc1ccc(O)cc1)C(=O)N[C@@H](Cc1ccccc1)C(=O)N[C@@H](CCCCN)C(=O)N[C@@H](CCC(=O)O)C(N)=O. The molecule has 2 rings (SSSR count). The lowest BCUT2D eigenvalue weighted by atomic mass is 10.0. The van der Waals surface area contributed by atoms with Crippen molar-refractivity contribution in [2.24, 2.45) is 22.9 Å². The van der Waals surface area contributed by atoms with Crippen LogP contribution in [-0.2, 0) is 41.6 Å². The van der Waals surface area contributed by atoms with Crippen LogP contribution in [0.2, 0.25) is 0 Å². The van der Waals surface area contributed by atoms with Crippen molar-refractivity contribution >= 4 is 41.5 Å². The van der Waals surface area contributed by atoms with Gasteiger partial charge in [0.05, 0.1) is 6.04 Å². The first-order valence-electron chi connectivity index (χ1n) is 17.3. The van der Waals surface area contributed by atoms with Gasteiger partial charge in [0, 0.05) is 19.4 Å². The van der Waals surface area contributed by atoms with E-state index in [0.29, 0.717) is 30.5 Å². The van der Waals surface area contributed by atoms with Crippen molar-refractivity contribution < 1.29 is 39.0 Å². The Morgan fingerprint density at radius 3 is 1.75 bits per heavy atom. The standard InChI is InChI=1S/C35H52N10O8/c36-17-5-4-9-26(32(51)42-25(30(38)49)15-16-29(47)48)44-34(53)28(20-21-7-2-1-3-8-21)45-33(52)27(10-6-18-41-35(39)40)43-31(50)24(37)19-22-11-13-23(46)14-12-22/h1-3,7-8,11-14,24-28,46H,4-6,9-10,15-20,36-37H2,(H2,38,49)(H,42,51)(H,43,50)(H,44,53)(H,45,52)(H,47,48)(H4,39,40,41)/t24-,25-,26-,27+,28-/m0/s1. The van der Waals surface area contributed by atoms with Crippen molar-refractivity contribution in [3.05, 3.63) is 65.7 Å². The van der Waals surface area contributed by atoms with Crippen molar-refractivity contribution in [3.63, 3.8) is 0 Å². The van der Waals surface area contributed by atoms with Crippen LogP contribution < -0.4 is 49.5 Å². The number of rotatable bonds is 24. The number of benzene rings is 2. The number of carbonyl (C=O) groups is 6. The van der Waals surface area contributed by atoms with Crippen LogP contribution >= 0.6 is 0 Å². The number of hydrogen-bond donors (Lipinski definition) is 12. The first-order valence-corrected chi connectivity index (χ1v) is 17.3. The van der Waals surface area contributed by atoms with Gasteiger partial charge in [-0.15, -0.1) is 0 Å². The fraction of sp³-hybridized carbons (Fsp3) is 0.457. The summed E-state index contributed by atoms with van der Waals surface area (Å²) in [5.41, 5.74) is 23.9. The van der Waals surface area contributed by atoms with E-state index in [1.807, 2.05) is 0 Å². The van der Waals surface area contributed by atoms with Gasteiger partial charge >= 0.3 is 5.97 Å². The molecule has 0 saturated heterocycles. The van der Waals surface area contributed by atoms with E-state index in [1.54, 1.807) is 42.5 Å². The molecule has 0 fully saturated rings. The molecule has 290 valence electrons. The largest absolute Gasteiger partial charge is 0.508 e. The van der Waals surface area contributed by atoms with Gasteiger partial charge in [0.2, 0.25) is 29.5 Å². The Balaban J connectivity index is 2.33. The van der Waals surface area contributed by atoms with Crippen LogP contribution in [0.3, 0.4) is 0 Å². The van der Waals surface area contributed by atoms with Crippen LogP contribution in [0.15, 0.2) is 54.6 Å². The summed E-state index contributed by atoms with van der Waals surface area (Å²) in [6.45, 7) is 0.520. The highest BCUT2D eigenvalue weighted by Gasteiger charge is 2.32. The lowest BCUT2D eigenvalue weighted by Crippen LogP contribution is -2.59. The van der Waals surface area contributed by atoms with Crippen LogP contribution in [0.4, 0.5) is 0 Å². The molecular formula is C35H52N10O8. The van der Waals surface area contributed by atoms with Crippen LogP contribution in [0.1, 0.15) is 56.1 Å². The van der Waals surface area contributed by atoms with Crippen molar-refractivity contribution in [1.29, 1.82) is 5.41 Å². The molecule has 2 aromatic carbocycles. The topological polar surface area (TPSA) is 331 Å². The maximum Gasteiger partial charge on any atom is 0.303 e. The number of carboxylic acids is 1. The third-order valence-corrected chi connectivity index (χ3v) is 8.15. The lowest BCUT2D eigenvalue weighted by Gasteiger charge is -2.27. The normalized spacial score (nSPS) is 13.6. The molecule has 53 heavy (non-hydrogen) atoms. The van der Waals surface area contributed by atoms with E-state index in [0.717, 1.165) is 0 Å². The summed E-state index contributed by atoms with van der Waals surface area (Å²) in [6, 6.07) is 8.87. The number of phenols is 1. The van der Waals surface area contributed by atoms with Gasteiger partial charge in [-0.25, -0.2) is 0 Å². The van der Waals surface area contributed by atoms with E-state index in [1.165, 1.54) is 12.1 Å². The average Bonchev–Trinajstić information content (AvgIpc) is 3.11. The van der Waals surface area contributed by atoms with Crippen molar-refractivity contribution in [3.8, 4) is 5.75 Å². The third kappa shape index (κ3) is 16.9. The zero-order valence-corrected chi connectivity index (χ0v) is 29.5. The number of nitrogens with one attached hydrogen (secondary N) is 6. The summed E-state index contributed by atoms with van der Waals surface area (Å²) >= 11 is 0. The molecule has 5 atom stereocenters. The highest BCUT2D eigenvalue weighted by atomic mass is 16.4. The van der Waals surface area contributed by atoms with Crippen LogP contribution in [0.5, 0.6) is 5.75 Å². The fourth-order valence-corrected chi connectivity index (χ4v) is 5.25. The predicted octanol–water partition coefficient (Wildman–Crippen LogP) is -1.81. The van der Waals surface area contributed by atoms with E-state index in [4.69, 9.17) is 33.5 Å². The molecule has 5 amide bonds. The number of amides is 5. The molecule has 16 N–H and O–H groups in total. The predicted molar refractivity (Wildman–Crippen MR) is 196 cm³/mol. The highest BCUT2D eigenvalue weighted by Crippen LogP contribution is 2.12. The number of carbonyl (C=O) groups excluding carboxylic acids is 5. The van der Waals surface area contributed by atoms with Gasteiger partial charge in [-0.05, 0) is 74.8 Å². The van der Waals surface area contributed by atoms with E-state index in [2.05, 4.69) is 26.6 Å². The first kappa shape index (κ1) is 43.4. The number of nitrogens with two attached hydrogens (primary N) is 4. The second-order valence-corrected chi connectivity index (χ2v) is 12.5. The van der Waals surface area contributed by atoms with Gasteiger partial charge in [0.15, 0.2) is 5.96 Å². The Morgan fingerprint density at radius 2 is 1.19 bits per heavy atom. The molecule has 0 bridgehead atoms. The average molecular weight is 741 g/mol. The second kappa shape index (κ2) is 22.9. The Morgan fingerprint density at radius 1 is 0.660 bits per heavy atom. The van der Waals surface area contributed by atoms with Crippen LogP contribution in [0.25, 0.3) is 0 Å². The molecule has 18 heteroatoms. The van der Waals surface area contributed by atoms with E-state index >= 15 is 0 Å². The molecule has 0 spiro atoms. The number of primary amides is 1. The van der Waals surface area contributed by atoms with Gasteiger partial charge in [-0.2, -0.15) is 0 Å². The quantitative estimate of drug-likeness (QED) is 0.0322.